The third kappa shape index (κ3) is 8.28. The van der Waals surface area contributed by atoms with E-state index in [2.05, 4.69) is 10.5 Å². The van der Waals surface area contributed by atoms with Gasteiger partial charge in [-0.2, -0.15) is 5.10 Å². The Hall–Kier alpha value is -3.45. The van der Waals surface area contributed by atoms with E-state index in [0.717, 1.165) is 32.4 Å². The lowest BCUT2D eigenvalue weighted by Gasteiger charge is -2.12. The van der Waals surface area contributed by atoms with Crippen LogP contribution < -0.4 is 14.9 Å². The summed E-state index contributed by atoms with van der Waals surface area (Å²) < 4.78 is 11.7. The van der Waals surface area contributed by atoms with Gasteiger partial charge in [0.1, 0.15) is 6.61 Å². The molecule has 0 fully saturated rings. The minimum absolute atomic E-state index is 0.286. The van der Waals surface area contributed by atoms with E-state index in [4.69, 9.17) is 32.7 Å². The van der Waals surface area contributed by atoms with E-state index in [1.54, 1.807) is 30.1 Å². The van der Waals surface area contributed by atoms with E-state index >= 15 is 0 Å². The molecule has 0 radical (unpaired) electrons. The van der Waals surface area contributed by atoms with Crippen molar-refractivity contribution in [1.82, 2.24) is 5.43 Å². The van der Waals surface area contributed by atoms with Crippen LogP contribution in [0.1, 0.15) is 34.0 Å². The van der Waals surface area contributed by atoms with Gasteiger partial charge >= 0.3 is 0 Å². The maximum atomic E-state index is 12.5. The number of hydrazone groups is 1. The largest absolute Gasteiger partial charge is 0.490 e. The van der Waals surface area contributed by atoms with Gasteiger partial charge in [0.25, 0.3) is 5.91 Å². The van der Waals surface area contributed by atoms with E-state index in [1.807, 2.05) is 85.8 Å². The highest BCUT2D eigenvalue weighted by molar-refractivity contribution is 7.98. The van der Waals surface area contributed by atoms with Crippen LogP contribution in [-0.4, -0.2) is 18.7 Å². The average Bonchev–Trinajstić information content (AvgIpc) is 2.93. The van der Waals surface area contributed by atoms with Gasteiger partial charge in [-0.15, -0.1) is 11.8 Å². The van der Waals surface area contributed by atoms with Crippen molar-refractivity contribution in [2.75, 3.05) is 6.61 Å². The molecule has 4 rings (SSSR count). The molecule has 4 aromatic carbocycles. The van der Waals surface area contributed by atoms with Crippen molar-refractivity contribution in [3.05, 3.63) is 123 Å². The fourth-order valence-electron chi connectivity index (χ4n) is 3.41. The van der Waals surface area contributed by atoms with Crippen LogP contribution in [-0.2, 0) is 12.4 Å². The summed E-state index contributed by atoms with van der Waals surface area (Å²) in [6, 6.07) is 28.2. The van der Waals surface area contributed by atoms with Crippen LogP contribution in [0.2, 0.25) is 10.0 Å². The number of rotatable bonds is 11. The van der Waals surface area contributed by atoms with E-state index in [1.165, 1.54) is 0 Å². The van der Waals surface area contributed by atoms with Gasteiger partial charge in [-0.05, 0) is 90.3 Å². The Balaban J connectivity index is 1.31. The molecule has 0 aliphatic carbocycles. The van der Waals surface area contributed by atoms with Crippen molar-refractivity contribution in [3.8, 4) is 11.5 Å². The number of amides is 1. The maximum absolute atomic E-state index is 12.5. The summed E-state index contributed by atoms with van der Waals surface area (Å²) in [5.74, 6) is 1.73. The Morgan fingerprint density at radius 2 is 1.50 bits per heavy atom. The van der Waals surface area contributed by atoms with Gasteiger partial charge < -0.3 is 9.47 Å². The van der Waals surface area contributed by atoms with E-state index < -0.39 is 0 Å². The van der Waals surface area contributed by atoms with Crippen LogP contribution in [0.4, 0.5) is 0 Å². The zero-order valence-corrected chi connectivity index (χ0v) is 23.0. The Morgan fingerprint density at radius 1 is 0.842 bits per heavy atom. The minimum atomic E-state index is -0.286. The fraction of sp³-hybridized carbons (Fsp3) is 0.133. The lowest BCUT2D eigenvalue weighted by atomic mass is 10.1. The van der Waals surface area contributed by atoms with Gasteiger partial charge in [0, 0.05) is 26.3 Å². The van der Waals surface area contributed by atoms with Gasteiger partial charge in [0.15, 0.2) is 11.5 Å². The number of carbonyl (C=O) groups excluding carboxylic acids is 1. The summed E-state index contributed by atoms with van der Waals surface area (Å²) in [5, 5.41) is 5.51. The third-order valence-corrected chi connectivity index (χ3v) is 6.98. The smallest absolute Gasteiger partial charge is 0.271 e. The molecule has 0 bridgehead atoms. The molecule has 0 aliphatic heterocycles. The first kappa shape index (κ1) is 27.6. The maximum Gasteiger partial charge on any atom is 0.271 e. The molecule has 5 nitrogen and oxygen atoms in total. The van der Waals surface area contributed by atoms with E-state index in [0.29, 0.717) is 35.3 Å². The number of carbonyl (C=O) groups is 1. The molecule has 8 heteroatoms. The predicted molar refractivity (Wildman–Crippen MR) is 156 cm³/mol. The normalized spacial score (nSPS) is 10.9. The molecular weight excluding hydrogens is 539 g/mol. The molecule has 0 unspecified atom stereocenters. The lowest BCUT2D eigenvalue weighted by Crippen LogP contribution is -2.17. The summed E-state index contributed by atoms with van der Waals surface area (Å²) in [6.45, 7) is 2.79. The van der Waals surface area contributed by atoms with Gasteiger partial charge in [-0.3, -0.25) is 4.79 Å². The number of nitrogens with one attached hydrogen (secondary N) is 1. The zero-order valence-electron chi connectivity index (χ0n) is 20.7. The summed E-state index contributed by atoms with van der Waals surface area (Å²) in [5.41, 5.74) is 5.99. The Labute approximate surface area is 236 Å². The number of ether oxygens (including phenoxy) is 2. The van der Waals surface area contributed by atoms with Gasteiger partial charge in [0.05, 0.1) is 12.8 Å². The molecule has 38 heavy (non-hydrogen) atoms. The Morgan fingerprint density at radius 3 is 2.18 bits per heavy atom. The lowest BCUT2D eigenvalue weighted by molar-refractivity contribution is 0.0955. The predicted octanol–water partition coefficient (Wildman–Crippen LogP) is 8.03. The number of thioether (sulfide) groups is 1. The number of halogens is 2. The number of hydrogen-bond donors (Lipinski definition) is 1. The molecule has 1 N–H and O–H groups in total. The standard InChI is InChI=1S/C30H26Cl2N2O3S/c1-2-36-29-17-23(7-16-28(29)37-19-21-5-10-25(31)11-6-21)18-33-34-30(35)24-8-3-22(4-9-24)20-38-27-14-12-26(32)13-15-27/h3-18H,2,19-20H2,1H3,(H,34,35)/b33-18-. The first-order chi connectivity index (χ1) is 18.5. The molecule has 0 aromatic heterocycles. The first-order valence-electron chi connectivity index (χ1n) is 11.9. The zero-order chi connectivity index (χ0) is 26.7. The van der Waals surface area contributed by atoms with Crippen LogP contribution in [0.15, 0.2) is 101 Å². The quantitative estimate of drug-likeness (QED) is 0.114. The molecule has 0 heterocycles. The van der Waals surface area contributed by atoms with Crippen molar-refractivity contribution < 1.29 is 14.3 Å². The highest BCUT2D eigenvalue weighted by Gasteiger charge is 2.08. The van der Waals surface area contributed by atoms with Crippen molar-refractivity contribution in [3.63, 3.8) is 0 Å². The summed E-state index contributed by atoms with van der Waals surface area (Å²) in [6.07, 6.45) is 1.57. The molecule has 0 atom stereocenters. The van der Waals surface area contributed by atoms with Crippen molar-refractivity contribution in [2.24, 2.45) is 5.10 Å². The van der Waals surface area contributed by atoms with Crippen molar-refractivity contribution in [1.29, 1.82) is 0 Å². The van der Waals surface area contributed by atoms with Crippen molar-refractivity contribution in [2.45, 2.75) is 24.2 Å². The molecule has 194 valence electrons. The van der Waals surface area contributed by atoms with Gasteiger partial charge in [0.2, 0.25) is 0 Å². The molecule has 0 spiro atoms. The Bertz CT molecular complexity index is 1380. The van der Waals surface area contributed by atoms with Crippen LogP contribution in [0.5, 0.6) is 11.5 Å². The van der Waals surface area contributed by atoms with Crippen molar-refractivity contribution >= 4 is 47.1 Å². The molecular formula is C30H26Cl2N2O3S. The van der Waals surface area contributed by atoms with Gasteiger partial charge in [-0.25, -0.2) is 5.43 Å². The summed E-state index contributed by atoms with van der Waals surface area (Å²) in [4.78, 5) is 13.7. The van der Waals surface area contributed by atoms with Gasteiger partial charge in [-0.1, -0.05) is 47.5 Å². The van der Waals surface area contributed by atoms with E-state index in [-0.39, 0.29) is 5.91 Å². The molecule has 1 amide bonds. The monoisotopic (exact) mass is 564 g/mol. The summed E-state index contributed by atoms with van der Waals surface area (Å²) in [7, 11) is 0. The fourth-order valence-corrected chi connectivity index (χ4v) is 4.52. The van der Waals surface area contributed by atoms with Crippen LogP contribution in [0, 0.1) is 0 Å². The summed E-state index contributed by atoms with van der Waals surface area (Å²) >= 11 is 13.6. The second-order valence-electron chi connectivity index (χ2n) is 8.19. The van der Waals surface area contributed by atoms with Crippen LogP contribution in [0.25, 0.3) is 0 Å². The molecule has 0 saturated heterocycles. The second kappa shape index (κ2) is 13.9. The molecule has 0 aliphatic rings. The third-order valence-electron chi connectivity index (χ3n) is 5.39. The molecule has 0 saturated carbocycles. The number of nitrogens with zero attached hydrogens (tertiary/aromatic N) is 1. The minimum Gasteiger partial charge on any atom is -0.490 e. The molecule has 4 aromatic rings. The number of hydrogen-bond acceptors (Lipinski definition) is 5. The first-order valence-corrected chi connectivity index (χ1v) is 13.7. The van der Waals surface area contributed by atoms with Crippen LogP contribution in [0.3, 0.4) is 0 Å². The number of benzene rings is 4. The average molecular weight is 566 g/mol. The highest BCUT2D eigenvalue weighted by atomic mass is 35.5. The second-order valence-corrected chi connectivity index (χ2v) is 10.1. The SMILES string of the molecule is CCOc1cc(/C=N\NC(=O)c2ccc(CSc3ccc(Cl)cc3)cc2)ccc1OCc1ccc(Cl)cc1. The Kier molecular flexibility index (Phi) is 10.1. The highest BCUT2D eigenvalue weighted by Crippen LogP contribution is 2.29. The topological polar surface area (TPSA) is 59.9 Å². The van der Waals surface area contributed by atoms with E-state index in [9.17, 15) is 4.79 Å². The van der Waals surface area contributed by atoms with Crippen LogP contribution >= 0.6 is 35.0 Å².